The molecule has 0 atom stereocenters. The molecule has 0 spiro atoms. The number of fused-ring (bicyclic) bond motifs is 1. The predicted molar refractivity (Wildman–Crippen MR) is 99.6 cm³/mol. The average molecular weight is 369 g/mol. The summed E-state index contributed by atoms with van der Waals surface area (Å²) in [6, 6.07) is 6.68. The topological polar surface area (TPSA) is 88.0 Å². The van der Waals surface area contributed by atoms with E-state index in [1.54, 1.807) is 29.5 Å². The number of rotatable bonds is 5. The van der Waals surface area contributed by atoms with E-state index in [4.69, 9.17) is 4.42 Å². The minimum absolute atomic E-state index is 0.0961. The highest BCUT2D eigenvalue weighted by molar-refractivity contribution is 7.11. The Balaban J connectivity index is 1.37. The number of pyridine rings is 1. The van der Waals surface area contributed by atoms with Gasteiger partial charge in [-0.25, -0.2) is 4.98 Å². The van der Waals surface area contributed by atoms with Gasteiger partial charge in [-0.3, -0.25) is 9.59 Å². The van der Waals surface area contributed by atoms with Gasteiger partial charge in [0.25, 0.3) is 11.5 Å². The van der Waals surface area contributed by atoms with E-state index < -0.39 is 5.56 Å². The maximum atomic E-state index is 12.3. The molecule has 6 nitrogen and oxygen atoms in total. The molecule has 0 bridgehead atoms. The summed E-state index contributed by atoms with van der Waals surface area (Å²) in [5.41, 5.74) is 1.44. The molecule has 1 aliphatic rings. The molecule has 1 aliphatic carbocycles. The van der Waals surface area contributed by atoms with Crippen LogP contribution in [0.25, 0.3) is 11.5 Å². The number of aromatic nitrogens is 2. The number of amides is 1. The van der Waals surface area contributed by atoms with E-state index in [2.05, 4.69) is 15.3 Å². The van der Waals surface area contributed by atoms with Crippen LogP contribution in [0.4, 0.5) is 0 Å². The normalized spacial score (nSPS) is 13.4. The van der Waals surface area contributed by atoms with Gasteiger partial charge in [0.1, 0.15) is 11.3 Å². The first-order chi connectivity index (χ1) is 12.7. The van der Waals surface area contributed by atoms with Gasteiger partial charge in [-0.2, -0.15) is 0 Å². The van der Waals surface area contributed by atoms with Crippen molar-refractivity contribution < 1.29 is 9.21 Å². The Morgan fingerprint density at radius 2 is 2.15 bits per heavy atom. The van der Waals surface area contributed by atoms with Crippen molar-refractivity contribution in [1.29, 1.82) is 0 Å². The molecule has 26 heavy (non-hydrogen) atoms. The molecule has 4 rings (SSSR count). The fourth-order valence-electron chi connectivity index (χ4n) is 3.12. The Morgan fingerprint density at radius 3 is 2.92 bits per heavy atom. The first kappa shape index (κ1) is 16.8. The number of aromatic amines is 1. The minimum Gasteiger partial charge on any atom is -0.463 e. The Bertz CT molecular complexity index is 949. The van der Waals surface area contributed by atoms with Crippen LogP contribution in [0.3, 0.4) is 0 Å². The Hall–Kier alpha value is -2.67. The fraction of sp³-hybridized carbons (Fsp3) is 0.316. The molecule has 3 aromatic heterocycles. The van der Waals surface area contributed by atoms with Gasteiger partial charge in [-0.05, 0) is 49.9 Å². The zero-order valence-electron chi connectivity index (χ0n) is 14.2. The SMILES string of the molecule is O=C(NCCc1nc2c(s1)CCCC2)c1ccc(-c2ccco2)[nH]c1=O. The van der Waals surface area contributed by atoms with Crippen LogP contribution in [0, 0.1) is 0 Å². The molecular weight excluding hydrogens is 350 g/mol. The predicted octanol–water partition coefficient (Wildman–Crippen LogP) is 2.94. The first-order valence-corrected chi connectivity index (χ1v) is 9.55. The number of hydrogen-bond donors (Lipinski definition) is 2. The molecule has 0 aliphatic heterocycles. The largest absolute Gasteiger partial charge is 0.463 e. The summed E-state index contributed by atoms with van der Waals surface area (Å²) in [6.07, 6.45) is 6.86. The summed E-state index contributed by atoms with van der Waals surface area (Å²) in [4.78, 5) is 33.2. The number of carbonyl (C=O) groups excluding carboxylic acids is 1. The second-order valence-electron chi connectivity index (χ2n) is 6.28. The second kappa shape index (κ2) is 7.29. The Morgan fingerprint density at radius 1 is 1.27 bits per heavy atom. The van der Waals surface area contributed by atoms with E-state index in [0.29, 0.717) is 24.4 Å². The average Bonchev–Trinajstić information content (AvgIpc) is 3.31. The van der Waals surface area contributed by atoms with Gasteiger partial charge in [0.05, 0.1) is 22.7 Å². The maximum absolute atomic E-state index is 12.3. The van der Waals surface area contributed by atoms with Crippen molar-refractivity contribution in [2.24, 2.45) is 0 Å². The van der Waals surface area contributed by atoms with Crippen LogP contribution < -0.4 is 10.9 Å². The summed E-state index contributed by atoms with van der Waals surface area (Å²) < 4.78 is 5.25. The van der Waals surface area contributed by atoms with E-state index in [0.717, 1.165) is 17.8 Å². The van der Waals surface area contributed by atoms with Crippen molar-refractivity contribution in [3.05, 3.63) is 62.0 Å². The van der Waals surface area contributed by atoms with Crippen LogP contribution in [0.15, 0.2) is 39.7 Å². The molecule has 7 heteroatoms. The highest BCUT2D eigenvalue weighted by Gasteiger charge is 2.16. The molecule has 0 aromatic carbocycles. The monoisotopic (exact) mass is 369 g/mol. The zero-order chi connectivity index (χ0) is 17.9. The van der Waals surface area contributed by atoms with Crippen LogP contribution >= 0.6 is 11.3 Å². The standard InChI is InChI=1S/C19H19N3O3S/c23-18(12-7-8-13(22-19(12)24)15-5-3-11-25-15)20-10-9-17-21-14-4-1-2-6-16(14)26-17/h3,5,7-8,11H,1-2,4,6,9-10H2,(H,20,23)(H,22,24). The van der Waals surface area contributed by atoms with E-state index in [1.165, 1.54) is 35.7 Å². The van der Waals surface area contributed by atoms with Gasteiger partial charge in [-0.15, -0.1) is 11.3 Å². The van der Waals surface area contributed by atoms with Crippen molar-refractivity contribution in [2.75, 3.05) is 6.54 Å². The van der Waals surface area contributed by atoms with E-state index in [-0.39, 0.29) is 11.5 Å². The molecule has 3 aromatic rings. The van der Waals surface area contributed by atoms with E-state index >= 15 is 0 Å². The summed E-state index contributed by atoms with van der Waals surface area (Å²) in [7, 11) is 0. The smallest absolute Gasteiger partial charge is 0.261 e. The van der Waals surface area contributed by atoms with Crippen LogP contribution in [0.5, 0.6) is 0 Å². The fourth-order valence-corrected chi connectivity index (χ4v) is 4.27. The van der Waals surface area contributed by atoms with Crippen LogP contribution in [0.1, 0.15) is 38.8 Å². The summed E-state index contributed by atoms with van der Waals surface area (Å²) in [5.74, 6) is 0.181. The van der Waals surface area contributed by atoms with Crippen molar-refractivity contribution in [3.8, 4) is 11.5 Å². The molecular formula is C19H19N3O3S. The van der Waals surface area contributed by atoms with Crippen LogP contribution in [-0.4, -0.2) is 22.4 Å². The molecule has 0 saturated heterocycles. The number of furan rings is 1. The molecule has 0 saturated carbocycles. The van der Waals surface area contributed by atoms with Crippen LogP contribution in [0.2, 0.25) is 0 Å². The third-order valence-corrected chi connectivity index (χ3v) is 5.67. The zero-order valence-corrected chi connectivity index (χ0v) is 15.0. The third kappa shape index (κ3) is 3.48. The van der Waals surface area contributed by atoms with E-state index in [9.17, 15) is 9.59 Å². The summed E-state index contributed by atoms with van der Waals surface area (Å²) in [5, 5.41) is 3.86. The summed E-state index contributed by atoms with van der Waals surface area (Å²) in [6.45, 7) is 0.463. The highest BCUT2D eigenvalue weighted by Crippen LogP contribution is 2.26. The molecule has 0 radical (unpaired) electrons. The van der Waals surface area contributed by atoms with Gasteiger partial charge < -0.3 is 14.7 Å². The Labute approximate surface area is 154 Å². The lowest BCUT2D eigenvalue weighted by atomic mass is 10.0. The molecule has 2 N–H and O–H groups in total. The molecule has 3 heterocycles. The van der Waals surface area contributed by atoms with Crippen LogP contribution in [-0.2, 0) is 19.3 Å². The quantitative estimate of drug-likeness (QED) is 0.724. The number of nitrogens with one attached hydrogen (secondary N) is 2. The number of H-pyrrole nitrogens is 1. The third-order valence-electron chi connectivity index (χ3n) is 4.46. The number of thiazole rings is 1. The van der Waals surface area contributed by atoms with Gasteiger partial charge >= 0.3 is 0 Å². The number of nitrogens with zero attached hydrogens (tertiary/aromatic N) is 1. The lowest BCUT2D eigenvalue weighted by Crippen LogP contribution is -2.31. The van der Waals surface area contributed by atoms with Gasteiger partial charge in [0.2, 0.25) is 0 Å². The lowest BCUT2D eigenvalue weighted by molar-refractivity contribution is 0.0952. The number of carbonyl (C=O) groups is 1. The number of hydrogen-bond acceptors (Lipinski definition) is 5. The van der Waals surface area contributed by atoms with Gasteiger partial charge in [0.15, 0.2) is 0 Å². The summed E-state index contributed by atoms with van der Waals surface area (Å²) >= 11 is 1.75. The van der Waals surface area contributed by atoms with Crippen molar-refractivity contribution in [3.63, 3.8) is 0 Å². The van der Waals surface area contributed by atoms with Gasteiger partial charge in [-0.1, -0.05) is 0 Å². The molecule has 1 amide bonds. The van der Waals surface area contributed by atoms with Gasteiger partial charge in [0, 0.05) is 17.8 Å². The minimum atomic E-state index is -0.430. The van der Waals surface area contributed by atoms with Crippen molar-refractivity contribution in [1.82, 2.24) is 15.3 Å². The van der Waals surface area contributed by atoms with E-state index in [1.807, 2.05) is 0 Å². The first-order valence-electron chi connectivity index (χ1n) is 8.73. The van der Waals surface area contributed by atoms with Crippen molar-refractivity contribution >= 4 is 17.2 Å². The highest BCUT2D eigenvalue weighted by atomic mass is 32.1. The second-order valence-corrected chi connectivity index (χ2v) is 7.45. The van der Waals surface area contributed by atoms with Crippen molar-refractivity contribution in [2.45, 2.75) is 32.1 Å². The lowest BCUT2D eigenvalue weighted by Gasteiger charge is -2.06. The maximum Gasteiger partial charge on any atom is 0.261 e. The number of aryl methyl sites for hydroxylation is 2. The molecule has 134 valence electrons. The molecule has 0 fully saturated rings. The Kier molecular flexibility index (Phi) is 4.71. The molecule has 0 unspecified atom stereocenters.